The summed E-state index contributed by atoms with van der Waals surface area (Å²) in [4.78, 5) is 31.4. The van der Waals surface area contributed by atoms with Gasteiger partial charge in [0.05, 0.1) is 23.1 Å². The second kappa shape index (κ2) is 7.36. The fourth-order valence-electron chi connectivity index (χ4n) is 1.16. The number of hydrogen-bond acceptors (Lipinski definition) is 6. The Balaban J connectivity index is 2.23. The Kier molecular flexibility index (Phi) is 5.79. The highest BCUT2D eigenvalue weighted by Gasteiger charge is 2.12. The lowest BCUT2D eigenvalue weighted by Gasteiger charge is -2.02. The summed E-state index contributed by atoms with van der Waals surface area (Å²) in [6, 6.07) is 1.20. The average molecular weight is 288 g/mol. The van der Waals surface area contributed by atoms with E-state index in [1.807, 2.05) is 0 Å². The predicted molar refractivity (Wildman–Crippen MR) is 66.9 cm³/mol. The van der Waals surface area contributed by atoms with Gasteiger partial charge in [-0.05, 0) is 4.92 Å². The van der Waals surface area contributed by atoms with Gasteiger partial charge in [0.15, 0.2) is 0 Å². The molecule has 1 amide bonds. The summed E-state index contributed by atoms with van der Waals surface area (Å²) in [6.45, 7) is 0.220. The van der Waals surface area contributed by atoms with Crippen LogP contribution in [0.2, 0.25) is 0 Å². The zero-order valence-electron chi connectivity index (χ0n) is 9.81. The molecule has 10 heteroatoms. The van der Waals surface area contributed by atoms with Crippen molar-refractivity contribution in [2.45, 2.75) is 6.54 Å². The fourth-order valence-corrected chi connectivity index (χ4v) is 1.73. The van der Waals surface area contributed by atoms with Crippen molar-refractivity contribution >= 4 is 29.5 Å². The third-order valence-corrected chi connectivity index (χ3v) is 2.86. The molecule has 0 radical (unpaired) electrons. The van der Waals surface area contributed by atoms with Crippen molar-refractivity contribution in [2.75, 3.05) is 18.1 Å². The van der Waals surface area contributed by atoms with E-state index in [9.17, 15) is 19.7 Å². The van der Waals surface area contributed by atoms with Crippen LogP contribution >= 0.6 is 11.8 Å². The summed E-state index contributed by atoms with van der Waals surface area (Å²) in [5.41, 5.74) is 0. The standard InChI is InChI=1S/C9H12N4O5S/c14-8(10-2-4-19-6-9(15)16)5-12-3-1-7(11-12)13(17)18/h1,3H,2,4-6H2,(H,10,14)(H,15,16). The highest BCUT2D eigenvalue weighted by atomic mass is 32.2. The molecule has 2 N–H and O–H groups in total. The van der Waals surface area contributed by atoms with Crippen LogP contribution < -0.4 is 5.32 Å². The third-order valence-electron chi connectivity index (χ3n) is 1.91. The van der Waals surface area contributed by atoms with Crippen molar-refractivity contribution in [1.29, 1.82) is 0 Å². The van der Waals surface area contributed by atoms with Gasteiger partial charge in [-0.3, -0.25) is 9.59 Å². The van der Waals surface area contributed by atoms with Crippen molar-refractivity contribution in [3.63, 3.8) is 0 Å². The Labute approximate surface area is 112 Å². The lowest BCUT2D eigenvalue weighted by molar-refractivity contribution is -0.389. The number of carbonyl (C=O) groups is 2. The first-order chi connectivity index (χ1) is 8.99. The maximum absolute atomic E-state index is 11.4. The van der Waals surface area contributed by atoms with E-state index in [1.54, 1.807) is 0 Å². The molecule has 0 aliphatic rings. The van der Waals surface area contributed by atoms with Crippen LogP contribution in [0.1, 0.15) is 0 Å². The molecule has 0 aliphatic heterocycles. The maximum Gasteiger partial charge on any atom is 0.389 e. The summed E-state index contributed by atoms with van der Waals surface area (Å²) < 4.78 is 1.16. The van der Waals surface area contributed by atoms with E-state index < -0.39 is 10.9 Å². The van der Waals surface area contributed by atoms with Gasteiger partial charge in [-0.2, -0.15) is 4.68 Å². The molecule has 0 aromatic carbocycles. The number of carbonyl (C=O) groups excluding carboxylic acids is 1. The van der Waals surface area contributed by atoms with Gasteiger partial charge in [0.2, 0.25) is 5.91 Å². The minimum Gasteiger partial charge on any atom is -0.481 e. The largest absolute Gasteiger partial charge is 0.481 e. The van der Waals surface area contributed by atoms with E-state index in [1.165, 1.54) is 24.0 Å². The van der Waals surface area contributed by atoms with Crippen molar-refractivity contribution in [3.8, 4) is 0 Å². The molecule has 1 heterocycles. The number of hydrogen-bond donors (Lipinski definition) is 2. The number of amides is 1. The maximum atomic E-state index is 11.4. The molecule has 0 saturated carbocycles. The van der Waals surface area contributed by atoms with Crippen LogP contribution in [-0.4, -0.2) is 49.7 Å². The Bertz CT molecular complexity index is 475. The topological polar surface area (TPSA) is 127 Å². The number of aromatic nitrogens is 2. The monoisotopic (exact) mass is 288 g/mol. The number of carboxylic acid groups (broad SMARTS) is 1. The Morgan fingerprint density at radius 3 is 2.89 bits per heavy atom. The van der Waals surface area contributed by atoms with Gasteiger partial charge in [-0.1, -0.05) is 0 Å². The van der Waals surface area contributed by atoms with Gasteiger partial charge >= 0.3 is 11.8 Å². The average Bonchev–Trinajstić information content (AvgIpc) is 2.76. The molecule has 19 heavy (non-hydrogen) atoms. The normalized spacial score (nSPS) is 10.1. The van der Waals surface area contributed by atoms with Crippen LogP contribution in [0.15, 0.2) is 12.3 Å². The number of nitrogens with zero attached hydrogens (tertiary/aromatic N) is 3. The van der Waals surface area contributed by atoms with E-state index >= 15 is 0 Å². The molecule has 0 fully saturated rings. The molecular formula is C9H12N4O5S. The second-order valence-corrected chi connectivity index (χ2v) is 4.53. The van der Waals surface area contributed by atoms with Crippen LogP contribution in [0, 0.1) is 10.1 Å². The van der Waals surface area contributed by atoms with E-state index in [2.05, 4.69) is 10.4 Å². The molecular weight excluding hydrogens is 276 g/mol. The molecule has 0 unspecified atom stereocenters. The number of aliphatic carboxylic acids is 1. The first-order valence-corrected chi connectivity index (χ1v) is 6.38. The van der Waals surface area contributed by atoms with E-state index in [0.717, 1.165) is 4.68 Å². The Hall–Kier alpha value is -2.10. The number of rotatable bonds is 8. The molecule has 0 spiro atoms. The Morgan fingerprint density at radius 1 is 1.58 bits per heavy atom. The van der Waals surface area contributed by atoms with Crippen molar-refractivity contribution in [3.05, 3.63) is 22.4 Å². The van der Waals surface area contributed by atoms with E-state index in [0.29, 0.717) is 12.3 Å². The van der Waals surface area contributed by atoms with E-state index in [-0.39, 0.29) is 24.0 Å². The third kappa shape index (κ3) is 5.86. The van der Waals surface area contributed by atoms with Gasteiger partial charge in [0.1, 0.15) is 6.54 Å². The summed E-state index contributed by atoms with van der Waals surface area (Å²) >= 11 is 1.19. The van der Waals surface area contributed by atoms with Gasteiger partial charge in [-0.25, -0.2) is 0 Å². The van der Waals surface area contributed by atoms with Gasteiger partial charge in [-0.15, -0.1) is 11.8 Å². The number of nitro groups is 1. The molecule has 0 bridgehead atoms. The number of thioether (sulfide) groups is 1. The molecule has 0 saturated heterocycles. The SMILES string of the molecule is O=C(O)CSCCNC(=O)Cn1ccc([N+](=O)[O-])n1. The van der Waals surface area contributed by atoms with Crippen molar-refractivity contribution in [1.82, 2.24) is 15.1 Å². The zero-order chi connectivity index (χ0) is 14.3. The molecule has 0 aliphatic carbocycles. The minimum absolute atomic E-state index is 0.0127. The first kappa shape index (κ1) is 15.0. The predicted octanol–water partition coefficient (Wildman–Crippen LogP) is -0.275. The second-order valence-electron chi connectivity index (χ2n) is 3.42. The van der Waals surface area contributed by atoms with Gasteiger partial charge < -0.3 is 20.5 Å². The number of nitrogens with one attached hydrogen (secondary N) is 1. The van der Waals surface area contributed by atoms with Crippen LogP contribution in [0.25, 0.3) is 0 Å². The lowest BCUT2D eigenvalue weighted by atomic mass is 10.5. The molecule has 1 aromatic heterocycles. The highest BCUT2D eigenvalue weighted by molar-refractivity contribution is 7.99. The first-order valence-electron chi connectivity index (χ1n) is 5.23. The van der Waals surface area contributed by atoms with E-state index in [4.69, 9.17) is 5.11 Å². The molecule has 0 atom stereocenters. The summed E-state index contributed by atoms with van der Waals surface area (Å²) in [6.07, 6.45) is 1.34. The van der Waals surface area contributed by atoms with Crippen molar-refractivity contribution < 1.29 is 19.6 Å². The molecule has 104 valence electrons. The molecule has 1 aromatic rings. The Morgan fingerprint density at radius 2 is 2.32 bits per heavy atom. The molecule has 1 rings (SSSR count). The van der Waals surface area contributed by atoms with Crippen LogP contribution in [0.5, 0.6) is 0 Å². The fraction of sp³-hybridized carbons (Fsp3) is 0.444. The summed E-state index contributed by atoms with van der Waals surface area (Å²) in [5, 5.41) is 24.9. The quantitative estimate of drug-likeness (QED) is 0.382. The van der Waals surface area contributed by atoms with Gasteiger partial charge in [0.25, 0.3) is 0 Å². The van der Waals surface area contributed by atoms with Crippen LogP contribution in [0.3, 0.4) is 0 Å². The molecule has 9 nitrogen and oxygen atoms in total. The smallest absolute Gasteiger partial charge is 0.389 e. The summed E-state index contributed by atoms with van der Waals surface area (Å²) in [7, 11) is 0. The zero-order valence-corrected chi connectivity index (χ0v) is 10.6. The minimum atomic E-state index is -0.903. The number of carboxylic acids is 1. The van der Waals surface area contributed by atoms with Gasteiger partial charge in [0, 0.05) is 12.3 Å². The highest BCUT2D eigenvalue weighted by Crippen LogP contribution is 2.04. The van der Waals surface area contributed by atoms with Crippen molar-refractivity contribution in [2.24, 2.45) is 0 Å². The van der Waals surface area contributed by atoms with Crippen LogP contribution in [0.4, 0.5) is 5.82 Å². The summed E-state index contributed by atoms with van der Waals surface area (Å²) in [5.74, 6) is -1.09. The van der Waals surface area contributed by atoms with Crippen LogP contribution in [-0.2, 0) is 16.1 Å². The lowest BCUT2D eigenvalue weighted by Crippen LogP contribution is -2.29.